The van der Waals surface area contributed by atoms with Gasteiger partial charge in [-0.25, -0.2) is 14.8 Å². The maximum atomic E-state index is 13.0. The van der Waals surface area contributed by atoms with Gasteiger partial charge in [0.15, 0.2) is 0 Å². The summed E-state index contributed by atoms with van der Waals surface area (Å²) in [4.78, 5) is 59.1. The first-order valence-electron chi connectivity index (χ1n) is 17.0. The fourth-order valence-corrected chi connectivity index (χ4v) is 7.10. The molecule has 1 N–H and O–H groups in total. The van der Waals surface area contributed by atoms with Crippen molar-refractivity contribution in [3.63, 3.8) is 0 Å². The second-order valence-corrected chi connectivity index (χ2v) is 13.3. The summed E-state index contributed by atoms with van der Waals surface area (Å²) >= 11 is 0. The van der Waals surface area contributed by atoms with Gasteiger partial charge in [-0.3, -0.25) is 29.7 Å². The van der Waals surface area contributed by atoms with Crippen LogP contribution in [0, 0.1) is 0 Å². The zero-order valence-corrected chi connectivity index (χ0v) is 27.8. The third-order valence-electron chi connectivity index (χ3n) is 9.79. The van der Waals surface area contributed by atoms with E-state index in [2.05, 4.69) is 48.9 Å². The van der Waals surface area contributed by atoms with E-state index in [-0.39, 0.29) is 17.8 Å². The first-order chi connectivity index (χ1) is 23.3. The number of nitrogens with zero attached hydrogens (tertiary/aromatic N) is 8. The zero-order chi connectivity index (χ0) is 33.2. The number of imide groups is 1. The van der Waals surface area contributed by atoms with Crippen molar-refractivity contribution in [1.29, 1.82) is 0 Å². The van der Waals surface area contributed by atoms with Crippen LogP contribution in [0.1, 0.15) is 65.7 Å². The van der Waals surface area contributed by atoms with Crippen molar-refractivity contribution < 1.29 is 14.4 Å². The van der Waals surface area contributed by atoms with Crippen LogP contribution in [0.5, 0.6) is 0 Å². The summed E-state index contributed by atoms with van der Waals surface area (Å²) in [7, 11) is 3.59. The van der Waals surface area contributed by atoms with Gasteiger partial charge in [-0.1, -0.05) is 18.9 Å². The standard InChI is InChI=1S/C36H43N9O3/c1-41(2)35(47)31-21-26-23-38-32(39-34(26)45(31)30-5-3-4-6-30)14-9-27-8-7-25(22-37-27)24-42-17-19-43(20-18-42)28-10-12-29(13-11-28)44-16-15-33(46)40-36(44)48/h7-8,10-13,21-23,30H,3-6,9,14-20,24H2,1-2H3,(H,40,46,48). The lowest BCUT2D eigenvalue weighted by Crippen LogP contribution is -2.49. The number of pyridine rings is 1. The monoisotopic (exact) mass is 649 g/mol. The Bertz CT molecular complexity index is 1790. The van der Waals surface area contributed by atoms with Gasteiger partial charge in [-0.15, -0.1) is 0 Å². The number of nitrogens with one attached hydrogen (secondary N) is 1. The number of hydrogen-bond donors (Lipinski definition) is 1. The van der Waals surface area contributed by atoms with E-state index in [1.807, 2.05) is 30.6 Å². The quantitative estimate of drug-likeness (QED) is 0.287. The minimum absolute atomic E-state index is 0.00413. The summed E-state index contributed by atoms with van der Waals surface area (Å²) in [6, 6.07) is 14.2. The molecule has 4 aromatic rings. The molecule has 1 aliphatic carbocycles. The van der Waals surface area contributed by atoms with Crippen LogP contribution in [-0.4, -0.2) is 94.0 Å². The van der Waals surface area contributed by atoms with Crippen molar-refractivity contribution in [2.75, 3.05) is 56.6 Å². The van der Waals surface area contributed by atoms with E-state index in [0.717, 1.165) is 85.9 Å². The summed E-state index contributed by atoms with van der Waals surface area (Å²) in [6.45, 7) is 5.00. The van der Waals surface area contributed by atoms with Gasteiger partial charge in [0.05, 0.1) is 0 Å². The Hall–Kier alpha value is -4.84. The molecule has 4 amide bonds. The van der Waals surface area contributed by atoms with Crippen LogP contribution < -0.4 is 15.1 Å². The van der Waals surface area contributed by atoms with Crippen molar-refractivity contribution in [3.8, 4) is 0 Å². The minimum atomic E-state index is -0.360. The highest BCUT2D eigenvalue weighted by atomic mass is 16.2. The van der Waals surface area contributed by atoms with Gasteiger partial charge < -0.3 is 14.4 Å². The third-order valence-corrected chi connectivity index (χ3v) is 9.79. The molecule has 0 radical (unpaired) electrons. The van der Waals surface area contributed by atoms with Gasteiger partial charge in [-0.2, -0.15) is 0 Å². The van der Waals surface area contributed by atoms with Gasteiger partial charge in [0, 0.05) is 107 Å². The Morgan fingerprint density at radius 3 is 2.33 bits per heavy atom. The predicted molar refractivity (Wildman–Crippen MR) is 184 cm³/mol. The molecule has 3 aromatic heterocycles. The van der Waals surface area contributed by atoms with E-state index < -0.39 is 0 Å². The van der Waals surface area contributed by atoms with E-state index >= 15 is 0 Å². The summed E-state index contributed by atoms with van der Waals surface area (Å²) in [6.07, 6.45) is 10.1. The number of benzene rings is 1. The molecule has 5 heterocycles. The normalized spacial score (nSPS) is 17.7. The average Bonchev–Trinajstić information content (AvgIpc) is 3.76. The Labute approximate surface area is 280 Å². The van der Waals surface area contributed by atoms with Crippen molar-refractivity contribution in [2.45, 2.75) is 57.5 Å². The first kappa shape index (κ1) is 31.7. The predicted octanol–water partition coefficient (Wildman–Crippen LogP) is 4.20. The second-order valence-electron chi connectivity index (χ2n) is 13.3. The van der Waals surface area contributed by atoms with Crippen molar-refractivity contribution in [2.24, 2.45) is 0 Å². The second kappa shape index (κ2) is 13.7. The molecule has 1 aromatic carbocycles. The van der Waals surface area contributed by atoms with Gasteiger partial charge in [-0.05, 0) is 61.2 Å². The van der Waals surface area contributed by atoms with E-state index in [4.69, 9.17) is 9.97 Å². The Balaban J connectivity index is 0.921. The number of aromatic nitrogens is 4. The largest absolute Gasteiger partial charge is 0.369 e. The molecule has 0 bridgehead atoms. The lowest BCUT2D eigenvalue weighted by molar-refractivity contribution is -0.120. The molecule has 48 heavy (non-hydrogen) atoms. The maximum Gasteiger partial charge on any atom is 0.328 e. The Morgan fingerprint density at radius 1 is 0.896 bits per heavy atom. The van der Waals surface area contributed by atoms with E-state index in [0.29, 0.717) is 31.1 Å². The molecule has 12 nitrogen and oxygen atoms in total. The molecule has 2 saturated heterocycles. The Morgan fingerprint density at radius 2 is 1.65 bits per heavy atom. The minimum Gasteiger partial charge on any atom is -0.369 e. The lowest BCUT2D eigenvalue weighted by Gasteiger charge is -2.36. The first-order valence-corrected chi connectivity index (χ1v) is 17.0. The SMILES string of the molecule is CN(C)C(=O)c1cc2cnc(CCc3ccc(CN4CCN(c5ccc(N6CCC(=O)NC6=O)cc5)CC4)cn3)nc2n1C1CCCC1. The van der Waals surface area contributed by atoms with Gasteiger partial charge >= 0.3 is 6.03 Å². The van der Waals surface area contributed by atoms with Crippen LogP contribution in [0.15, 0.2) is 54.9 Å². The van der Waals surface area contributed by atoms with Gasteiger partial charge in [0.2, 0.25) is 5.91 Å². The molecule has 1 saturated carbocycles. The van der Waals surface area contributed by atoms with Crippen molar-refractivity contribution in [3.05, 3.63) is 77.6 Å². The number of aryl methyl sites for hydroxylation is 2. The highest BCUT2D eigenvalue weighted by Gasteiger charge is 2.27. The number of carbonyl (C=O) groups excluding carboxylic acids is 3. The highest BCUT2D eigenvalue weighted by molar-refractivity contribution is 6.05. The summed E-state index contributed by atoms with van der Waals surface area (Å²) in [5.41, 5.74) is 5.70. The summed E-state index contributed by atoms with van der Waals surface area (Å²) in [5, 5.41) is 3.30. The van der Waals surface area contributed by atoms with E-state index in [1.165, 1.54) is 18.4 Å². The Kier molecular flexibility index (Phi) is 9.07. The topological polar surface area (TPSA) is 120 Å². The highest BCUT2D eigenvalue weighted by Crippen LogP contribution is 2.34. The average molecular weight is 650 g/mol. The van der Waals surface area contributed by atoms with E-state index in [9.17, 15) is 14.4 Å². The molecule has 12 heteroatoms. The van der Waals surface area contributed by atoms with Crippen LogP contribution in [0.4, 0.5) is 16.2 Å². The fourth-order valence-electron chi connectivity index (χ4n) is 7.10. The molecule has 3 fully saturated rings. The molecule has 0 atom stereocenters. The van der Waals surface area contributed by atoms with Gasteiger partial charge in [0.25, 0.3) is 5.91 Å². The molecule has 250 valence electrons. The van der Waals surface area contributed by atoms with Crippen LogP contribution in [0.3, 0.4) is 0 Å². The van der Waals surface area contributed by atoms with E-state index in [1.54, 1.807) is 23.9 Å². The van der Waals surface area contributed by atoms with Crippen LogP contribution in [0.2, 0.25) is 0 Å². The molecule has 2 aliphatic heterocycles. The number of amides is 4. The van der Waals surface area contributed by atoms with Crippen molar-refractivity contribution >= 4 is 40.3 Å². The third kappa shape index (κ3) is 6.75. The number of fused-ring (bicyclic) bond motifs is 1. The smallest absolute Gasteiger partial charge is 0.328 e. The molecular formula is C36H43N9O3. The maximum absolute atomic E-state index is 13.0. The number of urea groups is 1. The molecule has 0 unspecified atom stereocenters. The number of carbonyl (C=O) groups is 3. The molecule has 0 spiro atoms. The van der Waals surface area contributed by atoms with Crippen LogP contribution in [-0.2, 0) is 24.2 Å². The number of anilines is 2. The van der Waals surface area contributed by atoms with Gasteiger partial charge in [0.1, 0.15) is 17.2 Å². The molecular weight excluding hydrogens is 606 g/mol. The number of rotatable bonds is 9. The van der Waals surface area contributed by atoms with Crippen LogP contribution >= 0.6 is 0 Å². The number of piperazine rings is 1. The zero-order valence-electron chi connectivity index (χ0n) is 27.8. The van der Waals surface area contributed by atoms with Crippen molar-refractivity contribution in [1.82, 2.24) is 34.6 Å². The lowest BCUT2D eigenvalue weighted by atomic mass is 10.1. The number of hydrogen-bond acceptors (Lipinski definition) is 8. The molecule has 3 aliphatic rings. The van der Waals surface area contributed by atoms with Crippen LogP contribution in [0.25, 0.3) is 11.0 Å². The fraction of sp³-hybridized carbons (Fsp3) is 0.444. The molecule has 7 rings (SSSR count). The summed E-state index contributed by atoms with van der Waals surface area (Å²) < 4.78 is 2.17. The summed E-state index contributed by atoms with van der Waals surface area (Å²) in [5.74, 6) is 0.553.